The van der Waals surface area contributed by atoms with E-state index < -0.39 is 23.9 Å². The number of amides is 2. The SMILES string of the molecule is COC(=O)C(Cc1ccc(F)cc1)NC(=O)Nc1cc(Cl)c(Cl)cc1Cl. The first-order chi connectivity index (χ1) is 12.3. The van der Waals surface area contributed by atoms with Crippen molar-refractivity contribution in [2.45, 2.75) is 12.5 Å². The van der Waals surface area contributed by atoms with Crippen LogP contribution in [-0.2, 0) is 16.0 Å². The Bertz CT molecular complexity index is 816. The summed E-state index contributed by atoms with van der Waals surface area (Å²) in [5, 5.41) is 5.61. The van der Waals surface area contributed by atoms with E-state index in [0.717, 1.165) is 0 Å². The summed E-state index contributed by atoms with van der Waals surface area (Å²) in [5.74, 6) is -1.05. The van der Waals surface area contributed by atoms with Gasteiger partial charge in [-0.3, -0.25) is 0 Å². The zero-order valence-electron chi connectivity index (χ0n) is 13.5. The molecule has 0 saturated heterocycles. The fourth-order valence-electron chi connectivity index (χ4n) is 2.13. The minimum absolute atomic E-state index is 0.121. The number of halogens is 4. The summed E-state index contributed by atoms with van der Waals surface area (Å²) in [6.07, 6.45) is 0.121. The molecule has 0 heterocycles. The molecule has 1 atom stereocenters. The van der Waals surface area contributed by atoms with E-state index >= 15 is 0 Å². The zero-order chi connectivity index (χ0) is 19.3. The van der Waals surface area contributed by atoms with E-state index in [0.29, 0.717) is 5.56 Å². The first-order valence-corrected chi connectivity index (χ1v) is 8.48. The maximum atomic E-state index is 13.0. The van der Waals surface area contributed by atoms with Crippen molar-refractivity contribution in [1.82, 2.24) is 5.32 Å². The molecule has 0 aliphatic carbocycles. The Morgan fingerprint density at radius 3 is 2.31 bits per heavy atom. The third kappa shape index (κ3) is 5.49. The largest absolute Gasteiger partial charge is 0.467 e. The number of benzene rings is 2. The molecule has 5 nitrogen and oxygen atoms in total. The second-order valence-corrected chi connectivity index (χ2v) is 6.47. The summed E-state index contributed by atoms with van der Waals surface area (Å²) in [6.45, 7) is 0. The number of carbonyl (C=O) groups is 2. The van der Waals surface area contributed by atoms with Gasteiger partial charge in [-0.25, -0.2) is 14.0 Å². The normalized spacial score (nSPS) is 11.6. The average Bonchev–Trinajstić information content (AvgIpc) is 2.60. The number of carbonyl (C=O) groups excluding carboxylic acids is 2. The van der Waals surface area contributed by atoms with Gasteiger partial charge in [-0.15, -0.1) is 0 Å². The molecule has 0 aromatic heterocycles. The topological polar surface area (TPSA) is 67.4 Å². The van der Waals surface area contributed by atoms with Crippen molar-refractivity contribution in [3.05, 3.63) is 62.8 Å². The van der Waals surface area contributed by atoms with Crippen molar-refractivity contribution in [2.24, 2.45) is 0 Å². The lowest BCUT2D eigenvalue weighted by Gasteiger charge is -2.17. The third-order valence-corrected chi connectivity index (χ3v) is 4.44. The lowest BCUT2D eigenvalue weighted by atomic mass is 10.1. The lowest BCUT2D eigenvalue weighted by Crippen LogP contribution is -2.45. The lowest BCUT2D eigenvalue weighted by molar-refractivity contribution is -0.142. The van der Waals surface area contributed by atoms with Gasteiger partial charge in [0.1, 0.15) is 11.9 Å². The number of hydrogen-bond acceptors (Lipinski definition) is 3. The maximum Gasteiger partial charge on any atom is 0.328 e. The molecule has 1 unspecified atom stereocenters. The van der Waals surface area contributed by atoms with Crippen molar-refractivity contribution in [2.75, 3.05) is 12.4 Å². The number of nitrogens with one attached hydrogen (secondary N) is 2. The van der Waals surface area contributed by atoms with E-state index in [4.69, 9.17) is 39.5 Å². The van der Waals surface area contributed by atoms with Crippen LogP contribution in [0.5, 0.6) is 0 Å². The highest BCUT2D eigenvalue weighted by molar-refractivity contribution is 6.44. The monoisotopic (exact) mass is 418 g/mol. The molecule has 2 aromatic rings. The summed E-state index contributed by atoms with van der Waals surface area (Å²) in [7, 11) is 1.20. The molecule has 2 amide bonds. The number of hydrogen-bond donors (Lipinski definition) is 2. The van der Waals surface area contributed by atoms with Gasteiger partial charge in [0.15, 0.2) is 0 Å². The van der Waals surface area contributed by atoms with Gasteiger partial charge in [0, 0.05) is 6.42 Å². The van der Waals surface area contributed by atoms with Crippen molar-refractivity contribution in [1.29, 1.82) is 0 Å². The van der Waals surface area contributed by atoms with Crippen LogP contribution in [0.25, 0.3) is 0 Å². The molecule has 0 spiro atoms. The van der Waals surface area contributed by atoms with Gasteiger partial charge in [-0.2, -0.15) is 0 Å². The van der Waals surface area contributed by atoms with E-state index in [-0.39, 0.29) is 27.2 Å². The standard InChI is InChI=1S/C17H14Cl3FN2O3/c1-26-16(24)15(6-9-2-4-10(21)5-3-9)23-17(25)22-14-8-12(19)11(18)7-13(14)20/h2-5,7-8,15H,6H2,1H3,(H2,22,23,25). The van der Waals surface area contributed by atoms with Crippen LogP contribution in [-0.4, -0.2) is 25.2 Å². The molecule has 9 heteroatoms. The van der Waals surface area contributed by atoms with Crippen LogP contribution in [0, 0.1) is 5.82 Å². The minimum Gasteiger partial charge on any atom is -0.467 e. The van der Waals surface area contributed by atoms with Crippen molar-refractivity contribution < 1.29 is 18.7 Å². The molecule has 2 aromatic carbocycles. The third-order valence-electron chi connectivity index (χ3n) is 3.40. The molecule has 26 heavy (non-hydrogen) atoms. The summed E-state index contributed by atoms with van der Waals surface area (Å²) in [5.41, 5.74) is 0.874. The molecule has 2 N–H and O–H groups in total. The van der Waals surface area contributed by atoms with Gasteiger partial charge in [-0.05, 0) is 29.8 Å². The fraction of sp³-hybridized carbons (Fsp3) is 0.176. The van der Waals surface area contributed by atoms with E-state index in [9.17, 15) is 14.0 Å². The first kappa shape index (κ1) is 20.3. The number of esters is 1. The van der Waals surface area contributed by atoms with Gasteiger partial charge < -0.3 is 15.4 Å². The van der Waals surface area contributed by atoms with Crippen molar-refractivity contribution in [3.63, 3.8) is 0 Å². The summed E-state index contributed by atoms with van der Waals surface area (Å²) < 4.78 is 17.7. The Morgan fingerprint density at radius 1 is 1.08 bits per heavy atom. The summed E-state index contributed by atoms with van der Waals surface area (Å²) in [6, 6.07) is 6.66. The molecule has 0 aliphatic rings. The molecule has 0 saturated carbocycles. The van der Waals surface area contributed by atoms with Crippen LogP contribution >= 0.6 is 34.8 Å². The second kappa shape index (κ2) is 9.07. The molecule has 0 fully saturated rings. The van der Waals surface area contributed by atoms with E-state index in [1.807, 2.05) is 0 Å². The van der Waals surface area contributed by atoms with Gasteiger partial charge in [-0.1, -0.05) is 46.9 Å². The molecule has 0 aliphatic heterocycles. The molecular formula is C17H14Cl3FN2O3. The summed E-state index contributed by atoms with van der Waals surface area (Å²) >= 11 is 17.7. The number of urea groups is 1. The molecule has 138 valence electrons. The molecule has 0 bridgehead atoms. The van der Waals surface area contributed by atoms with E-state index in [1.165, 1.54) is 43.5 Å². The predicted molar refractivity (Wildman–Crippen MR) is 99.5 cm³/mol. The first-order valence-electron chi connectivity index (χ1n) is 7.34. The smallest absolute Gasteiger partial charge is 0.328 e. The highest BCUT2D eigenvalue weighted by atomic mass is 35.5. The van der Waals surface area contributed by atoms with Gasteiger partial charge >= 0.3 is 12.0 Å². The Labute approximate surface area is 164 Å². The number of ether oxygens (including phenoxy) is 1. The van der Waals surface area contributed by atoms with Gasteiger partial charge in [0.2, 0.25) is 0 Å². The summed E-state index contributed by atoms with van der Waals surface area (Å²) in [4.78, 5) is 24.1. The second-order valence-electron chi connectivity index (χ2n) is 5.25. The Hall–Kier alpha value is -2.02. The molecular weight excluding hydrogens is 406 g/mol. The van der Waals surface area contributed by atoms with Gasteiger partial charge in [0.25, 0.3) is 0 Å². The van der Waals surface area contributed by atoms with Crippen molar-refractivity contribution in [3.8, 4) is 0 Å². The number of anilines is 1. The fourth-order valence-corrected chi connectivity index (χ4v) is 2.72. The van der Waals surface area contributed by atoms with Crippen LogP contribution < -0.4 is 10.6 Å². The van der Waals surface area contributed by atoms with E-state index in [2.05, 4.69) is 10.6 Å². The highest BCUT2D eigenvalue weighted by Crippen LogP contribution is 2.32. The van der Waals surface area contributed by atoms with Crippen LogP contribution in [0.3, 0.4) is 0 Å². The van der Waals surface area contributed by atoms with Gasteiger partial charge in [0.05, 0.1) is 27.9 Å². The Morgan fingerprint density at radius 2 is 1.69 bits per heavy atom. The molecule has 0 radical (unpaired) electrons. The van der Waals surface area contributed by atoms with Crippen LogP contribution in [0.15, 0.2) is 36.4 Å². The Balaban J connectivity index is 2.10. The van der Waals surface area contributed by atoms with Crippen LogP contribution in [0.2, 0.25) is 15.1 Å². The average molecular weight is 420 g/mol. The zero-order valence-corrected chi connectivity index (χ0v) is 15.8. The highest BCUT2D eigenvalue weighted by Gasteiger charge is 2.22. The van der Waals surface area contributed by atoms with Crippen LogP contribution in [0.1, 0.15) is 5.56 Å². The van der Waals surface area contributed by atoms with E-state index in [1.54, 1.807) is 0 Å². The predicted octanol–water partition coefficient (Wildman–Crippen LogP) is 4.69. The van der Waals surface area contributed by atoms with Crippen LogP contribution in [0.4, 0.5) is 14.9 Å². The quantitative estimate of drug-likeness (QED) is 0.546. The maximum absolute atomic E-state index is 13.0. The minimum atomic E-state index is -0.980. The molecule has 2 rings (SSSR count). The Kier molecular flexibility index (Phi) is 7.08. The van der Waals surface area contributed by atoms with Crippen molar-refractivity contribution >= 4 is 52.5 Å². The number of methoxy groups -OCH3 is 1. The number of rotatable bonds is 5.